The molecule has 0 rings (SSSR count). The lowest BCUT2D eigenvalue weighted by molar-refractivity contribution is 1.02. The second-order valence-corrected chi connectivity index (χ2v) is 1.40. The van der Waals surface area contributed by atoms with Gasteiger partial charge in [-0.3, -0.25) is 0 Å². The Morgan fingerprint density at radius 1 is 1.62 bits per heavy atom. The molecule has 2 N–H and O–H groups in total. The summed E-state index contributed by atoms with van der Waals surface area (Å²) in [6.45, 7) is 3.67. The Hall–Kier alpha value is -0.920. The number of hydrogen-bond acceptors (Lipinski definition) is 2. The van der Waals surface area contributed by atoms with Gasteiger partial charge in [-0.1, -0.05) is 6.58 Å². The first-order valence-electron chi connectivity index (χ1n) is 2.51. The van der Waals surface area contributed by atoms with Crippen LogP contribution in [0.5, 0.6) is 0 Å². The van der Waals surface area contributed by atoms with Crippen molar-refractivity contribution >= 4 is 0 Å². The lowest BCUT2D eigenvalue weighted by Crippen LogP contribution is -2.02. The second kappa shape index (κ2) is 4.24. The van der Waals surface area contributed by atoms with Crippen LogP contribution in [0.3, 0.4) is 0 Å². The van der Waals surface area contributed by atoms with Gasteiger partial charge in [-0.15, -0.1) is 0 Å². The zero-order valence-corrected chi connectivity index (χ0v) is 5.36. The van der Waals surface area contributed by atoms with Crippen LogP contribution in [0, 0.1) is 0 Å². The van der Waals surface area contributed by atoms with Crippen molar-refractivity contribution in [3.63, 3.8) is 0 Å². The van der Waals surface area contributed by atoms with E-state index >= 15 is 0 Å². The maximum atomic E-state index is 3.67. The van der Waals surface area contributed by atoms with Crippen LogP contribution in [0.25, 0.3) is 0 Å². The molecule has 48 valence electrons. The van der Waals surface area contributed by atoms with Crippen LogP contribution in [0.4, 0.5) is 0 Å². The van der Waals surface area contributed by atoms with Gasteiger partial charge in [-0.2, -0.15) is 0 Å². The van der Waals surface area contributed by atoms with Crippen molar-refractivity contribution in [1.82, 2.24) is 10.6 Å². The number of nitrogens with one attached hydrogen (secondary N) is 2. The Bertz CT molecular complexity index is 99.2. The molecule has 0 saturated carbocycles. The van der Waals surface area contributed by atoms with E-state index in [4.69, 9.17) is 0 Å². The Morgan fingerprint density at radius 3 is 2.62 bits per heavy atom. The minimum absolute atomic E-state index is 0. The van der Waals surface area contributed by atoms with Gasteiger partial charge in [0.25, 0.3) is 0 Å². The summed E-state index contributed by atoms with van der Waals surface area (Å²) in [6.07, 6.45) is 3.68. The van der Waals surface area contributed by atoms with E-state index in [-0.39, 0.29) is 1.43 Å². The monoisotopic (exact) mass is 114 g/mol. The maximum Gasteiger partial charge on any atom is 0.0278 e. The molecule has 0 bridgehead atoms. The molecule has 0 unspecified atom stereocenters. The molecule has 2 heteroatoms. The molecule has 0 aromatic heterocycles. The molecule has 0 radical (unpaired) electrons. The average Bonchev–Trinajstić information content (AvgIpc) is 1.83. The highest BCUT2D eigenvalue weighted by Gasteiger charge is 1.73. The van der Waals surface area contributed by atoms with Crippen molar-refractivity contribution < 1.29 is 1.43 Å². The molecule has 0 heterocycles. The van der Waals surface area contributed by atoms with Crippen molar-refractivity contribution in [3.05, 3.63) is 24.6 Å². The summed E-state index contributed by atoms with van der Waals surface area (Å²) in [7, 11) is 3.68. The van der Waals surface area contributed by atoms with Gasteiger partial charge in [0, 0.05) is 21.2 Å². The van der Waals surface area contributed by atoms with Gasteiger partial charge >= 0.3 is 0 Å². The number of hydrogen-bond donors (Lipinski definition) is 2. The molecule has 0 atom stereocenters. The fraction of sp³-hybridized carbons (Fsp3) is 0.333. The molecule has 2 nitrogen and oxygen atoms in total. The predicted molar refractivity (Wildman–Crippen MR) is 38.5 cm³/mol. The van der Waals surface area contributed by atoms with E-state index in [0.717, 1.165) is 5.70 Å². The van der Waals surface area contributed by atoms with Crippen LogP contribution in [0.15, 0.2) is 24.6 Å². The van der Waals surface area contributed by atoms with Crippen LogP contribution in [0.2, 0.25) is 0 Å². The zero-order chi connectivity index (χ0) is 6.41. The number of allylic oxidation sites excluding steroid dienone is 1. The number of likely N-dealkylation sites (N-methyl/N-ethyl adjacent to an activating group) is 1. The first-order valence-corrected chi connectivity index (χ1v) is 2.51. The van der Waals surface area contributed by atoms with Gasteiger partial charge in [-0.25, -0.2) is 0 Å². The molecule has 0 aromatic rings. The lowest BCUT2D eigenvalue weighted by Gasteiger charge is -1.93. The minimum atomic E-state index is 0. The van der Waals surface area contributed by atoms with Gasteiger partial charge in [0.2, 0.25) is 0 Å². The van der Waals surface area contributed by atoms with E-state index in [1.54, 1.807) is 0 Å². The number of rotatable bonds is 3. The van der Waals surface area contributed by atoms with Crippen LogP contribution in [-0.4, -0.2) is 14.1 Å². The van der Waals surface area contributed by atoms with E-state index in [9.17, 15) is 0 Å². The van der Waals surface area contributed by atoms with Crippen LogP contribution in [-0.2, 0) is 0 Å². The Kier molecular flexibility index (Phi) is 3.76. The van der Waals surface area contributed by atoms with Crippen molar-refractivity contribution in [3.8, 4) is 0 Å². The average molecular weight is 114 g/mol. The SMILES string of the molecule is C=C(/C=C\NC)NC.[HH]. The largest absolute Gasteiger partial charge is 0.394 e. The third-order valence-corrected chi connectivity index (χ3v) is 0.772. The topological polar surface area (TPSA) is 24.1 Å². The van der Waals surface area contributed by atoms with Crippen molar-refractivity contribution in [2.75, 3.05) is 14.1 Å². The smallest absolute Gasteiger partial charge is 0.0278 e. The summed E-state index contributed by atoms with van der Waals surface area (Å²) in [5.41, 5.74) is 0.902. The highest BCUT2D eigenvalue weighted by Crippen LogP contribution is 1.80. The van der Waals surface area contributed by atoms with Gasteiger partial charge in [0.15, 0.2) is 0 Å². The summed E-state index contributed by atoms with van der Waals surface area (Å²) in [6, 6.07) is 0. The van der Waals surface area contributed by atoms with Crippen molar-refractivity contribution in [2.45, 2.75) is 0 Å². The van der Waals surface area contributed by atoms with Crippen molar-refractivity contribution in [2.24, 2.45) is 0 Å². The van der Waals surface area contributed by atoms with Crippen LogP contribution < -0.4 is 10.6 Å². The van der Waals surface area contributed by atoms with Gasteiger partial charge in [0.05, 0.1) is 0 Å². The third kappa shape index (κ3) is 3.28. The second-order valence-electron chi connectivity index (χ2n) is 1.40. The van der Waals surface area contributed by atoms with Gasteiger partial charge in [-0.05, 0) is 12.3 Å². The summed E-state index contributed by atoms with van der Waals surface area (Å²) < 4.78 is 0. The van der Waals surface area contributed by atoms with E-state index in [1.807, 2.05) is 26.4 Å². The molecule has 0 aromatic carbocycles. The van der Waals surface area contributed by atoms with E-state index in [1.165, 1.54) is 0 Å². The van der Waals surface area contributed by atoms with Crippen LogP contribution in [0.1, 0.15) is 1.43 Å². The van der Waals surface area contributed by atoms with Crippen molar-refractivity contribution in [1.29, 1.82) is 0 Å². The molecular formula is C6H14N2. The molecule has 0 aliphatic rings. The fourth-order valence-corrected chi connectivity index (χ4v) is 0.267. The lowest BCUT2D eigenvalue weighted by atomic mass is 10.5. The summed E-state index contributed by atoms with van der Waals surface area (Å²) >= 11 is 0. The molecule has 0 aliphatic carbocycles. The summed E-state index contributed by atoms with van der Waals surface area (Å²) in [4.78, 5) is 0. The highest BCUT2D eigenvalue weighted by atomic mass is 14.8. The Labute approximate surface area is 51.8 Å². The fourth-order valence-electron chi connectivity index (χ4n) is 0.267. The summed E-state index contributed by atoms with van der Waals surface area (Å²) in [5.74, 6) is 0. The molecule has 0 saturated heterocycles. The van der Waals surface area contributed by atoms with E-state index < -0.39 is 0 Å². The molecule has 0 fully saturated rings. The standard InChI is InChI=1S/C6H12N2.H2/c1-6(8-3)4-5-7-2;/h4-5,7-8H,1H2,2-3H3;1H/b5-4-;. The predicted octanol–water partition coefficient (Wildman–Crippen LogP) is 0.699. The Balaban J connectivity index is 0. The maximum absolute atomic E-state index is 3.67. The van der Waals surface area contributed by atoms with Gasteiger partial charge in [0.1, 0.15) is 0 Å². The zero-order valence-electron chi connectivity index (χ0n) is 5.36. The summed E-state index contributed by atoms with van der Waals surface area (Å²) in [5, 5.41) is 5.73. The Morgan fingerprint density at radius 2 is 2.25 bits per heavy atom. The van der Waals surface area contributed by atoms with Gasteiger partial charge < -0.3 is 10.6 Å². The molecular weight excluding hydrogens is 100 g/mol. The quantitative estimate of drug-likeness (QED) is 0.528. The van der Waals surface area contributed by atoms with Crippen LogP contribution >= 0.6 is 0 Å². The minimum Gasteiger partial charge on any atom is -0.394 e. The van der Waals surface area contributed by atoms with E-state index in [2.05, 4.69) is 17.2 Å². The first-order chi connectivity index (χ1) is 3.81. The molecule has 0 amide bonds. The molecule has 0 aliphatic heterocycles. The highest BCUT2D eigenvalue weighted by molar-refractivity contribution is 5.10. The molecule has 8 heavy (non-hydrogen) atoms. The van der Waals surface area contributed by atoms with E-state index in [0.29, 0.717) is 0 Å². The normalized spacial score (nSPS) is 9.25. The third-order valence-electron chi connectivity index (χ3n) is 0.772. The molecule has 0 spiro atoms. The first kappa shape index (κ1) is 7.08.